The Labute approximate surface area is 185 Å². The third-order valence-corrected chi connectivity index (χ3v) is 5.41. The number of hydrogen-bond donors (Lipinski definition) is 0. The second-order valence-electron chi connectivity index (χ2n) is 7.33. The molecule has 4 aromatic rings. The summed E-state index contributed by atoms with van der Waals surface area (Å²) in [5, 5.41) is 0. The number of fused-ring (bicyclic) bond motifs is 3. The number of halogens is 3. The van der Waals surface area contributed by atoms with Crippen LogP contribution in [0.4, 0.5) is 19.1 Å². The summed E-state index contributed by atoms with van der Waals surface area (Å²) >= 11 is 0. The van der Waals surface area contributed by atoms with Crippen molar-refractivity contribution >= 4 is 28.8 Å². The van der Waals surface area contributed by atoms with Crippen LogP contribution in [-0.2, 0) is 15.2 Å². The summed E-state index contributed by atoms with van der Waals surface area (Å²) in [7, 11) is 1.24. The molecule has 9 heteroatoms. The number of benzene rings is 3. The summed E-state index contributed by atoms with van der Waals surface area (Å²) in [6, 6.07) is 19.6. The number of para-hydroxylation sites is 2. The van der Waals surface area contributed by atoms with Gasteiger partial charge in [-0.25, -0.2) is 9.78 Å². The molecule has 1 aliphatic rings. The summed E-state index contributed by atoms with van der Waals surface area (Å²) in [6.07, 6.45) is -4.88. The van der Waals surface area contributed by atoms with Crippen LogP contribution in [0.1, 0.15) is 21.5 Å². The highest BCUT2D eigenvalue weighted by molar-refractivity contribution is 5.98. The molecule has 1 aliphatic heterocycles. The Morgan fingerprint density at radius 1 is 0.970 bits per heavy atom. The molecular weight excluding hydrogens is 435 g/mol. The van der Waals surface area contributed by atoms with Crippen molar-refractivity contribution in [1.29, 1.82) is 0 Å². The molecule has 5 rings (SSSR count). The lowest BCUT2D eigenvalue weighted by atomic mass is 10.00. The van der Waals surface area contributed by atoms with Gasteiger partial charge in [0, 0.05) is 11.1 Å². The van der Waals surface area contributed by atoms with Crippen molar-refractivity contribution in [3.8, 4) is 0 Å². The van der Waals surface area contributed by atoms with Gasteiger partial charge in [0.05, 0.1) is 23.7 Å². The van der Waals surface area contributed by atoms with E-state index in [1.807, 2.05) is 0 Å². The lowest BCUT2D eigenvalue weighted by Gasteiger charge is -2.40. The van der Waals surface area contributed by atoms with E-state index < -0.39 is 17.9 Å². The predicted octanol–water partition coefficient (Wildman–Crippen LogP) is 5.19. The number of hydrogen-bond acceptors (Lipinski definition) is 5. The summed E-state index contributed by atoms with van der Waals surface area (Å²) in [5.74, 6) is -0.977. The molecule has 0 bridgehead atoms. The average molecular weight is 451 g/mol. The van der Waals surface area contributed by atoms with E-state index in [9.17, 15) is 18.0 Å². The highest BCUT2D eigenvalue weighted by atomic mass is 19.4. The third-order valence-electron chi connectivity index (χ3n) is 5.41. The fourth-order valence-electron chi connectivity index (χ4n) is 3.89. The van der Waals surface area contributed by atoms with Crippen LogP contribution in [0.3, 0.4) is 0 Å². The molecule has 1 aromatic heterocycles. The van der Waals surface area contributed by atoms with E-state index in [4.69, 9.17) is 4.74 Å². The van der Waals surface area contributed by atoms with Crippen molar-refractivity contribution < 1.29 is 27.4 Å². The normalized spacial score (nSPS) is 17.8. The van der Waals surface area contributed by atoms with Crippen LogP contribution >= 0.6 is 0 Å². The molecule has 1 atom stereocenters. The highest BCUT2D eigenvalue weighted by Crippen LogP contribution is 2.49. The van der Waals surface area contributed by atoms with Gasteiger partial charge in [-0.1, -0.05) is 42.5 Å². The Balaban J connectivity index is 1.78. The van der Waals surface area contributed by atoms with E-state index in [1.54, 1.807) is 30.3 Å². The minimum absolute atomic E-state index is 0.125. The molecule has 6 nitrogen and oxygen atoms in total. The van der Waals surface area contributed by atoms with Crippen molar-refractivity contribution in [2.24, 2.45) is 4.99 Å². The van der Waals surface area contributed by atoms with E-state index >= 15 is 0 Å². The number of aromatic nitrogens is 2. The van der Waals surface area contributed by atoms with Crippen molar-refractivity contribution in [1.82, 2.24) is 9.55 Å². The Morgan fingerprint density at radius 3 is 2.30 bits per heavy atom. The first-order valence-electron chi connectivity index (χ1n) is 9.92. The topological polar surface area (TPSA) is 65.7 Å². The zero-order valence-corrected chi connectivity index (χ0v) is 17.2. The van der Waals surface area contributed by atoms with Gasteiger partial charge in [-0.05, 0) is 36.4 Å². The number of esters is 1. The molecule has 0 saturated carbocycles. The van der Waals surface area contributed by atoms with Crippen LogP contribution in [0.25, 0.3) is 11.0 Å². The fraction of sp³-hybridized carbons (Fsp3) is 0.125. The molecule has 0 spiro atoms. The third kappa shape index (κ3) is 3.15. The van der Waals surface area contributed by atoms with Crippen molar-refractivity contribution in [3.63, 3.8) is 0 Å². The number of imidazole rings is 1. The highest BCUT2D eigenvalue weighted by Gasteiger charge is 2.63. The van der Waals surface area contributed by atoms with Gasteiger partial charge in [0.2, 0.25) is 11.8 Å². The lowest BCUT2D eigenvalue weighted by Crippen LogP contribution is -2.53. The number of aliphatic imine (C=N–C) groups is 1. The van der Waals surface area contributed by atoms with Crippen LogP contribution in [-0.4, -0.2) is 34.7 Å². The SMILES string of the molecule is COC(=O)c1ccc(C2=Nc3nc4ccccc4n3[C@](c3ccccc3)(C(F)(F)F)O2)cc1. The van der Waals surface area contributed by atoms with Crippen molar-refractivity contribution in [3.05, 3.63) is 95.6 Å². The largest absolute Gasteiger partial charge is 0.465 e. The summed E-state index contributed by atoms with van der Waals surface area (Å²) in [4.78, 5) is 20.4. The number of rotatable bonds is 3. The number of ether oxygens (including phenoxy) is 2. The van der Waals surface area contributed by atoms with Gasteiger partial charge >= 0.3 is 17.9 Å². The quantitative estimate of drug-likeness (QED) is 0.402. The first kappa shape index (κ1) is 20.7. The molecule has 0 amide bonds. The molecule has 0 unspecified atom stereocenters. The Bertz CT molecular complexity index is 1380. The maximum Gasteiger partial charge on any atom is 0.454 e. The second kappa shape index (κ2) is 7.47. The standard InChI is InChI=1S/C24H16F3N3O3/c1-32-21(31)16-13-11-15(12-14-16)20-29-22-28-18-9-5-6-10-19(18)30(22)23(33-20,24(25,26)27)17-7-3-2-4-8-17/h2-14H,1H3/t23-/m0/s1. The zero-order valence-electron chi connectivity index (χ0n) is 17.2. The van der Waals surface area contributed by atoms with Gasteiger partial charge in [0.15, 0.2) is 0 Å². The molecule has 0 fully saturated rings. The van der Waals surface area contributed by atoms with Crippen LogP contribution in [0, 0.1) is 0 Å². The maximum absolute atomic E-state index is 15.0. The predicted molar refractivity (Wildman–Crippen MR) is 114 cm³/mol. The zero-order chi connectivity index (χ0) is 23.2. The maximum atomic E-state index is 15.0. The number of alkyl halides is 3. The van der Waals surface area contributed by atoms with E-state index in [0.29, 0.717) is 5.52 Å². The lowest BCUT2D eigenvalue weighted by molar-refractivity contribution is -0.271. The van der Waals surface area contributed by atoms with Crippen LogP contribution < -0.4 is 0 Å². The molecule has 3 aromatic carbocycles. The molecule has 0 saturated heterocycles. The van der Waals surface area contributed by atoms with Gasteiger partial charge in [-0.3, -0.25) is 4.57 Å². The average Bonchev–Trinajstić information content (AvgIpc) is 3.21. The number of carbonyl (C=O) groups is 1. The summed E-state index contributed by atoms with van der Waals surface area (Å²) in [5.41, 5.74) is -1.94. The molecule has 0 N–H and O–H groups in total. The van der Waals surface area contributed by atoms with Crippen LogP contribution in [0.5, 0.6) is 0 Å². The van der Waals surface area contributed by atoms with Gasteiger partial charge in [-0.2, -0.15) is 18.2 Å². The monoisotopic (exact) mass is 451 g/mol. The van der Waals surface area contributed by atoms with Gasteiger partial charge in [0.25, 0.3) is 0 Å². The molecule has 166 valence electrons. The van der Waals surface area contributed by atoms with Crippen LogP contribution in [0.2, 0.25) is 0 Å². The number of methoxy groups -OCH3 is 1. The van der Waals surface area contributed by atoms with E-state index in [0.717, 1.165) is 4.57 Å². The Kier molecular flexibility index (Phi) is 4.70. The molecule has 33 heavy (non-hydrogen) atoms. The Hall–Kier alpha value is -4.14. The van der Waals surface area contributed by atoms with E-state index in [-0.39, 0.29) is 34.1 Å². The van der Waals surface area contributed by atoms with E-state index in [2.05, 4.69) is 14.7 Å². The molecule has 0 aliphatic carbocycles. The van der Waals surface area contributed by atoms with Gasteiger partial charge < -0.3 is 9.47 Å². The fourth-order valence-corrected chi connectivity index (χ4v) is 3.89. The molecular formula is C24H16F3N3O3. The van der Waals surface area contributed by atoms with Crippen molar-refractivity contribution in [2.45, 2.75) is 11.9 Å². The smallest absolute Gasteiger partial charge is 0.454 e. The van der Waals surface area contributed by atoms with Gasteiger partial charge in [-0.15, -0.1) is 0 Å². The first-order valence-corrected chi connectivity index (χ1v) is 9.92. The van der Waals surface area contributed by atoms with E-state index in [1.165, 1.54) is 55.6 Å². The number of carbonyl (C=O) groups excluding carboxylic acids is 1. The molecule has 2 heterocycles. The van der Waals surface area contributed by atoms with Crippen molar-refractivity contribution in [2.75, 3.05) is 7.11 Å². The summed E-state index contributed by atoms with van der Waals surface area (Å²) in [6.45, 7) is 0. The minimum Gasteiger partial charge on any atom is -0.465 e. The molecule has 0 radical (unpaired) electrons. The summed E-state index contributed by atoms with van der Waals surface area (Å²) < 4.78 is 56.4. The number of nitrogens with zero attached hydrogens (tertiary/aromatic N) is 3. The minimum atomic E-state index is -4.88. The second-order valence-corrected chi connectivity index (χ2v) is 7.33. The Morgan fingerprint density at radius 2 is 1.64 bits per heavy atom. The van der Waals surface area contributed by atoms with Crippen LogP contribution in [0.15, 0.2) is 83.9 Å². The first-order chi connectivity index (χ1) is 15.8. The van der Waals surface area contributed by atoms with Gasteiger partial charge in [0.1, 0.15) is 0 Å².